The Balaban J connectivity index is 3.61. The van der Waals surface area contributed by atoms with E-state index < -0.39 is 23.2 Å². The second-order valence-corrected chi connectivity index (χ2v) is 4.74. The number of benzene rings is 1. The summed E-state index contributed by atoms with van der Waals surface area (Å²) in [6.45, 7) is 1.65. The molecule has 1 rings (SSSR count). The molecule has 3 nitrogen and oxygen atoms in total. The van der Waals surface area contributed by atoms with E-state index in [1.165, 1.54) is 6.26 Å². The number of hydrogen-bond donors (Lipinski definition) is 1. The Hall–Kier alpha value is -1.30. The molecule has 17 heavy (non-hydrogen) atoms. The summed E-state index contributed by atoms with van der Waals surface area (Å²) in [4.78, 5) is 10.9. The van der Waals surface area contributed by atoms with E-state index in [2.05, 4.69) is 0 Å². The van der Waals surface area contributed by atoms with Gasteiger partial charge in [0.05, 0.1) is 21.3 Å². The van der Waals surface area contributed by atoms with Crippen LogP contribution in [0.4, 0.5) is 8.78 Å². The molecule has 0 aliphatic rings. The van der Waals surface area contributed by atoms with Crippen molar-refractivity contribution in [1.29, 1.82) is 0 Å². The predicted octanol–water partition coefficient (Wildman–Crippen LogP) is 2.62. The van der Waals surface area contributed by atoms with Gasteiger partial charge in [0.1, 0.15) is 0 Å². The van der Waals surface area contributed by atoms with Crippen LogP contribution in [0.2, 0.25) is 0 Å². The van der Waals surface area contributed by atoms with Crippen molar-refractivity contribution in [3.63, 3.8) is 0 Å². The molecule has 0 unspecified atom stereocenters. The van der Waals surface area contributed by atoms with Crippen LogP contribution in [0.5, 0.6) is 0 Å². The summed E-state index contributed by atoms with van der Waals surface area (Å²) < 4.78 is 37.0. The number of aromatic carboxylic acids is 1. The molecule has 0 spiro atoms. The van der Waals surface area contributed by atoms with Crippen molar-refractivity contribution in [3.05, 3.63) is 28.8 Å². The molecule has 0 radical (unpaired) electrons. The molecule has 6 heteroatoms. The number of carbonyl (C=O) groups is 1. The van der Waals surface area contributed by atoms with Crippen molar-refractivity contribution >= 4 is 16.8 Å². The highest BCUT2D eigenvalue weighted by Gasteiger charge is 2.22. The predicted molar refractivity (Wildman–Crippen MR) is 60.1 cm³/mol. The van der Waals surface area contributed by atoms with Gasteiger partial charge < -0.3 is 5.11 Å². The normalized spacial score (nSPS) is 12.8. The number of rotatable bonds is 4. The first-order valence-electron chi connectivity index (χ1n) is 4.90. The van der Waals surface area contributed by atoms with Crippen molar-refractivity contribution in [2.75, 3.05) is 6.26 Å². The topological polar surface area (TPSA) is 54.4 Å². The van der Waals surface area contributed by atoms with Crippen LogP contribution in [-0.4, -0.2) is 21.5 Å². The smallest absolute Gasteiger partial charge is 0.336 e. The van der Waals surface area contributed by atoms with Crippen molar-refractivity contribution in [2.45, 2.75) is 24.7 Å². The first-order valence-corrected chi connectivity index (χ1v) is 6.46. The lowest BCUT2D eigenvalue weighted by molar-refractivity contribution is 0.0694. The van der Waals surface area contributed by atoms with E-state index >= 15 is 0 Å². The highest BCUT2D eigenvalue weighted by molar-refractivity contribution is 7.84. The lowest BCUT2D eigenvalue weighted by Crippen LogP contribution is -2.09. The molecule has 0 saturated carbocycles. The Bertz CT molecular complexity index is 472. The lowest BCUT2D eigenvalue weighted by atomic mass is 10.0. The molecule has 94 valence electrons. The van der Waals surface area contributed by atoms with E-state index in [-0.39, 0.29) is 28.0 Å². The van der Waals surface area contributed by atoms with Gasteiger partial charge in [0, 0.05) is 11.8 Å². The minimum Gasteiger partial charge on any atom is -0.478 e. The Morgan fingerprint density at radius 1 is 1.47 bits per heavy atom. The van der Waals surface area contributed by atoms with Crippen LogP contribution in [0.3, 0.4) is 0 Å². The fraction of sp³-hybridized carbons (Fsp3) is 0.364. The zero-order valence-electron chi connectivity index (χ0n) is 9.37. The summed E-state index contributed by atoms with van der Waals surface area (Å²) in [5, 5.41) is 8.95. The second kappa shape index (κ2) is 5.35. The van der Waals surface area contributed by atoms with Crippen molar-refractivity contribution in [1.82, 2.24) is 0 Å². The lowest BCUT2D eigenvalue weighted by Gasteiger charge is -2.13. The quantitative estimate of drug-likeness (QED) is 0.907. The summed E-state index contributed by atoms with van der Waals surface area (Å²) >= 11 is 0. The molecule has 0 aliphatic heterocycles. The van der Waals surface area contributed by atoms with Crippen LogP contribution in [0.15, 0.2) is 17.0 Å². The van der Waals surface area contributed by atoms with Gasteiger partial charge in [-0.3, -0.25) is 4.21 Å². The molecule has 0 heterocycles. The van der Waals surface area contributed by atoms with E-state index in [1.54, 1.807) is 6.92 Å². The van der Waals surface area contributed by atoms with E-state index in [9.17, 15) is 17.8 Å². The zero-order valence-corrected chi connectivity index (χ0v) is 10.2. The van der Waals surface area contributed by atoms with Crippen LogP contribution in [0.25, 0.3) is 0 Å². The number of halogens is 2. The molecule has 0 saturated heterocycles. The summed E-state index contributed by atoms with van der Waals surface area (Å²) in [7, 11) is -1.64. The van der Waals surface area contributed by atoms with Gasteiger partial charge in [-0.15, -0.1) is 0 Å². The number of carboxylic acids is 1. The van der Waals surface area contributed by atoms with Gasteiger partial charge in [0.15, 0.2) is 0 Å². The minimum atomic E-state index is -2.76. The van der Waals surface area contributed by atoms with E-state index in [0.717, 1.165) is 12.1 Å². The fourth-order valence-electron chi connectivity index (χ4n) is 1.71. The Morgan fingerprint density at radius 2 is 2.06 bits per heavy atom. The average molecular weight is 262 g/mol. The van der Waals surface area contributed by atoms with Gasteiger partial charge in [0.25, 0.3) is 6.43 Å². The third-order valence-corrected chi connectivity index (χ3v) is 3.45. The van der Waals surface area contributed by atoms with Gasteiger partial charge in [-0.25, -0.2) is 13.6 Å². The first-order chi connectivity index (χ1) is 7.90. The number of alkyl halides is 2. The second-order valence-electron chi connectivity index (χ2n) is 3.42. The largest absolute Gasteiger partial charge is 0.478 e. The van der Waals surface area contributed by atoms with Crippen LogP contribution in [-0.2, 0) is 17.2 Å². The molecule has 1 aromatic carbocycles. The Morgan fingerprint density at radius 3 is 2.41 bits per heavy atom. The molecule has 1 atom stereocenters. The van der Waals surface area contributed by atoms with E-state index in [4.69, 9.17) is 5.11 Å². The summed E-state index contributed by atoms with van der Waals surface area (Å²) in [5.41, 5.74) is -0.203. The van der Waals surface area contributed by atoms with Gasteiger partial charge in [0.2, 0.25) is 0 Å². The molecule has 1 N–H and O–H groups in total. The molecular formula is C11H12F2O3S. The summed E-state index contributed by atoms with van der Waals surface area (Å²) in [6.07, 6.45) is -1.25. The number of carboxylic acid groups (broad SMARTS) is 1. The molecule has 0 aromatic heterocycles. The first kappa shape index (κ1) is 13.8. The maximum absolute atomic E-state index is 12.8. The maximum atomic E-state index is 12.8. The van der Waals surface area contributed by atoms with E-state index in [0.29, 0.717) is 0 Å². The Kier molecular flexibility index (Phi) is 4.34. The molecular weight excluding hydrogens is 250 g/mol. The third-order valence-electron chi connectivity index (χ3n) is 2.40. The van der Waals surface area contributed by atoms with Gasteiger partial charge >= 0.3 is 5.97 Å². The van der Waals surface area contributed by atoms with Crippen LogP contribution >= 0.6 is 0 Å². The summed E-state index contributed by atoms with van der Waals surface area (Å²) in [5.74, 6) is -1.20. The van der Waals surface area contributed by atoms with Crippen molar-refractivity contribution < 1.29 is 22.9 Å². The maximum Gasteiger partial charge on any atom is 0.336 e. The zero-order chi connectivity index (χ0) is 13.2. The van der Waals surface area contributed by atoms with Gasteiger partial charge in [-0.1, -0.05) is 13.0 Å². The molecule has 0 amide bonds. The van der Waals surface area contributed by atoms with Crippen LogP contribution < -0.4 is 0 Å². The summed E-state index contributed by atoms with van der Waals surface area (Å²) in [6, 6.07) is 2.17. The van der Waals surface area contributed by atoms with Crippen molar-refractivity contribution in [2.24, 2.45) is 0 Å². The fourth-order valence-corrected chi connectivity index (χ4v) is 2.80. The average Bonchev–Trinajstić information content (AvgIpc) is 2.26. The highest BCUT2D eigenvalue weighted by atomic mass is 32.2. The monoisotopic (exact) mass is 262 g/mol. The van der Waals surface area contributed by atoms with Gasteiger partial charge in [-0.05, 0) is 18.1 Å². The molecule has 0 aliphatic carbocycles. The standard InChI is InChI=1S/C11H12F2O3S/c1-3-6-7(11(14)15)4-5-8(10(12)13)9(6)17(2)16/h4-5,10H,3H2,1-2H3,(H,14,15)/t17-/m0/s1. The van der Waals surface area contributed by atoms with E-state index in [1.807, 2.05) is 0 Å². The highest BCUT2D eigenvalue weighted by Crippen LogP contribution is 2.30. The minimum absolute atomic E-state index is 0.0533. The molecule has 0 bridgehead atoms. The van der Waals surface area contributed by atoms with Crippen LogP contribution in [0.1, 0.15) is 34.8 Å². The SMILES string of the molecule is CCc1c(C(=O)O)ccc(C(F)F)c1[S@](C)=O. The van der Waals surface area contributed by atoms with Crippen LogP contribution in [0, 0.1) is 0 Å². The molecule has 1 aromatic rings. The molecule has 0 fully saturated rings. The number of hydrogen-bond acceptors (Lipinski definition) is 2. The third kappa shape index (κ3) is 2.69. The van der Waals surface area contributed by atoms with Crippen molar-refractivity contribution in [3.8, 4) is 0 Å². The Labute approximate surface area is 99.9 Å². The van der Waals surface area contributed by atoms with Gasteiger partial charge in [-0.2, -0.15) is 0 Å².